The quantitative estimate of drug-likeness (QED) is 0.783. The summed E-state index contributed by atoms with van der Waals surface area (Å²) < 4.78 is 0. The van der Waals surface area contributed by atoms with Gasteiger partial charge in [0, 0.05) is 6.04 Å². The van der Waals surface area contributed by atoms with Crippen molar-refractivity contribution in [2.75, 3.05) is 7.05 Å². The van der Waals surface area contributed by atoms with Gasteiger partial charge in [-0.3, -0.25) is 0 Å². The second-order valence-corrected chi connectivity index (χ2v) is 4.69. The Morgan fingerprint density at radius 2 is 1.53 bits per heavy atom. The molecule has 3 rings (SSSR count). The van der Waals surface area contributed by atoms with Crippen LogP contribution in [0.15, 0.2) is 48.5 Å². The van der Waals surface area contributed by atoms with E-state index < -0.39 is 0 Å². The molecule has 2 aromatic carbocycles. The maximum absolute atomic E-state index is 3.44. The molecule has 0 aromatic heterocycles. The van der Waals surface area contributed by atoms with E-state index in [0.29, 0.717) is 6.04 Å². The first-order valence-corrected chi connectivity index (χ1v) is 6.20. The molecule has 0 saturated carbocycles. The molecule has 0 radical (unpaired) electrons. The fourth-order valence-electron chi connectivity index (χ4n) is 2.76. The third kappa shape index (κ3) is 1.87. The molecule has 0 heterocycles. The molecule has 1 heteroatoms. The molecule has 0 bridgehead atoms. The summed E-state index contributed by atoms with van der Waals surface area (Å²) in [5.41, 5.74) is 5.85. The van der Waals surface area contributed by atoms with Gasteiger partial charge in [0.2, 0.25) is 0 Å². The fourth-order valence-corrected chi connectivity index (χ4v) is 2.76. The van der Waals surface area contributed by atoms with E-state index in [4.69, 9.17) is 0 Å². The smallest absolute Gasteiger partial charge is 0.0361 e. The van der Waals surface area contributed by atoms with Crippen molar-refractivity contribution in [2.45, 2.75) is 18.9 Å². The summed E-state index contributed by atoms with van der Waals surface area (Å²) in [6, 6.07) is 18.0. The maximum Gasteiger partial charge on any atom is 0.0361 e. The number of fused-ring (bicyclic) bond motifs is 2. The third-order valence-electron chi connectivity index (χ3n) is 3.70. The minimum Gasteiger partial charge on any atom is -0.313 e. The Kier molecular flexibility index (Phi) is 2.69. The van der Waals surface area contributed by atoms with Gasteiger partial charge in [0.15, 0.2) is 0 Å². The Hall–Kier alpha value is -1.60. The van der Waals surface area contributed by atoms with Gasteiger partial charge in [-0.15, -0.1) is 0 Å². The molecule has 0 aliphatic heterocycles. The number of nitrogens with one attached hydrogen (secondary N) is 1. The summed E-state index contributed by atoms with van der Waals surface area (Å²) in [7, 11) is 2.05. The van der Waals surface area contributed by atoms with E-state index in [2.05, 4.69) is 60.9 Å². The Balaban J connectivity index is 2.13. The van der Waals surface area contributed by atoms with Crippen LogP contribution in [0, 0.1) is 0 Å². The van der Waals surface area contributed by atoms with Crippen LogP contribution in [-0.2, 0) is 12.8 Å². The number of rotatable bonds is 1. The van der Waals surface area contributed by atoms with Crippen molar-refractivity contribution in [1.82, 2.24) is 5.32 Å². The summed E-state index contributed by atoms with van der Waals surface area (Å²) in [5, 5.41) is 3.44. The van der Waals surface area contributed by atoms with Gasteiger partial charge in [-0.2, -0.15) is 0 Å². The van der Waals surface area contributed by atoms with Crippen LogP contribution in [0.2, 0.25) is 0 Å². The normalized spacial score (nSPS) is 18.1. The molecule has 1 N–H and O–H groups in total. The lowest BCUT2D eigenvalue weighted by Gasteiger charge is -2.16. The van der Waals surface area contributed by atoms with Crippen LogP contribution in [-0.4, -0.2) is 7.05 Å². The summed E-state index contributed by atoms with van der Waals surface area (Å²) in [6.45, 7) is 0. The van der Waals surface area contributed by atoms with E-state index in [-0.39, 0.29) is 0 Å². The highest BCUT2D eigenvalue weighted by molar-refractivity contribution is 5.42. The largest absolute Gasteiger partial charge is 0.313 e. The van der Waals surface area contributed by atoms with Crippen molar-refractivity contribution in [2.24, 2.45) is 0 Å². The summed E-state index contributed by atoms with van der Waals surface area (Å²) in [6.07, 6.45) is 2.15. The zero-order valence-electron chi connectivity index (χ0n) is 10.1. The molecule has 0 spiro atoms. The molecule has 17 heavy (non-hydrogen) atoms. The third-order valence-corrected chi connectivity index (χ3v) is 3.70. The Morgan fingerprint density at radius 3 is 2.29 bits per heavy atom. The molecule has 1 unspecified atom stereocenters. The monoisotopic (exact) mass is 223 g/mol. The van der Waals surface area contributed by atoms with Crippen molar-refractivity contribution in [3.05, 3.63) is 70.8 Å². The van der Waals surface area contributed by atoms with Crippen LogP contribution in [0.1, 0.15) is 28.3 Å². The number of benzene rings is 2. The SMILES string of the molecule is CNC1Cc2ccccc2Cc2ccccc21. The maximum atomic E-state index is 3.44. The van der Waals surface area contributed by atoms with Gasteiger partial charge in [0.05, 0.1) is 0 Å². The van der Waals surface area contributed by atoms with Gasteiger partial charge in [-0.1, -0.05) is 48.5 Å². The number of hydrogen-bond donors (Lipinski definition) is 1. The molecule has 0 fully saturated rings. The van der Waals surface area contributed by atoms with Gasteiger partial charge in [0.1, 0.15) is 0 Å². The van der Waals surface area contributed by atoms with Gasteiger partial charge >= 0.3 is 0 Å². The van der Waals surface area contributed by atoms with E-state index in [0.717, 1.165) is 12.8 Å². The highest BCUT2D eigenvalue weighted by Gasteiger charge is 2.19. The summed E-state index contributed by atoms with van der Waals surface area (Å²) in [5.74, 6) is 0. The molecule has 2 aromatic rings. The van der Waals surface area contributed by atoms with E-state index in [1.54, 1.807) is 0 Å². The number of likely N-dealkylation sites (N-methyl/N-ethyl adjacent to an activating group) is 1. The Morgan fingerprint density at radius 1 is 0.882 bits per heavy atom. The highest BCUT2D eigenvalue weighted by Crippen LogP contribution is 2.29. The van der Waals surface area contributed by atoms with E-state index in [1.165, 1.54) is 22.3 Å². The molecular formula is C16H17N. The fraction of sp³-hybridized carbons (Fsp3) is 0.250. The predicted molar refractivity (Wildman–Crippen MR) is 71.2 cm³/mol. The Bertz CT molecular complexity index is 531. The minimum absolute atomic E-state index is 0.440. The Labute approximate surface area is 102 Å². The minimum atomic E-state index is 0.440. The number of hydrogen-bond acceptors (Lipinski definition) is 1. The zero-order chi connectivity index (χ0) is 11.7. The van der Waals surface area contributed by atoms with Crippen molar-refractivity contribution in [3.8, 4) is 0 Å². The molecule has 0 saturated heterocycles. The molecule has 0 amide bonds. The van der Waals surface area contributed by atoms with Crippen LogP contribution >= 0.6 is 0 Å². The van der Waals surface area contributed by atoms with Crippen molar-refractivity contribution in [3.63, 3.8) is 0 Å². The van der Waals surface area contributed by atoms with E-state index in [1.807, 2.05) is 0 Å². The van der Waals surface area contributed by atoms with Crippen molar-refractivity contribution >= 4 is 0 Å². The lowest BCUT2D eigenvalue weighted by atomic mass is 9.98. The average molecular weight is 223 g/mol. The van der Waals surface area contributed by atoms with Crippen molar-refractivity contribution in [1.29, 1.82) is 0 Å². The first-order valence-electron chi connectivity index (χ1n) is 6.20. The molecule has 1 aliphatic rings. The molecule has 1 nitrogen and oxygen atoms in total. The van der Waals surface area contributed by atoms with E-state index in [9.17, 15) is 0 Å². The van der Waals surface area contributed by atoms with Crippen LogP contribution in [0.4, 0.5) is 0 Å². The van der Waals surface area contributed by atoms with E-state index >= 15 is 0 Å². The van der Waals surface area contributed by atoms with Crippen LogP contribution in [0.25, 0.3) is 0 Å². The van der Waals surface area contributed by atoms with Gasteiger partial charge in [-0.05, 0) is 42.1 Å². The predicted octanol–water partition coefficient (Wildman–Crippen LogP) is 3.09. The zero-order valence-corrected chi connectivity index (χ0v) is 10.1. The first kappa shape index (κ1) is 10.5. The molecular weight excluding hydrogens is 206 g/mol. The highest BCUT2D eigenvalue weighted by atomic mass is 14.9. The molecule has 1 aliphatic carbocycles. The second-order valence-electron chi connectivity index (χ2n) is 4.69. The van der Waals surface area contributed by atoms with Gasteiger partial charge in [-0.25, -0.2) is 0 Å². The van der Waals surface area contributed by atoms with Gasteiger partial charge in [0.25, 0.3) is 0 Å². The molecule has 86 valence electrons. The van der Waals surface area contributed by atoms with Crippen LogP contribution in [0.3, 0.4) is 0 Å². The lowest BCUT2D eigenvalue weighted by molar-refractivity contribution is 0.593. The average Bonchev–Trinajstić information content (AvgIpc) is 2.54. The lowest BCUT2D eigenvalue weighted by Crippen LogP contribution is -2.18. The standard InChI is InChI=1S/C16H17N/c1-17-16-11-13-7-3-2-6-12(13)10-14-8-4-5-9-15(14)16/h2-9,16-17H,10-11H2,1H3. The summed E-state index contributed by atoms with van der Waals surface area (Å²) in [4.78, 5) is 0. The van der Waals surface area contributed by atoms with Crippen LogP contribution < -0.4 is 5.32 Å². The summed E-state index contributed by atoms with van der Waals surface area (Å²) >= 11 is 0. The van der Waals surface area contributed by atoms with Crippen molar-refractivity contribution < 1.29 is 0 Å². The van der Waals surface area contributed by atoms with Gasteiger partial charge < -0.3 is 5.32 Å². The first-order chi connectivity index (χ1) is 8.38. The topological polar surface area (TPSA) is 12.0 Å². The second kappa shape index (κ2) is 4.34. The van der Waals surface area contributed by atoms with Crippen LogP contribution in [0.5, 0.6) is 0 Å². The molecule has 1 atom stereocenters.